The van der Waals surface area contributed by atoms with E-state index in [2.05, 4.69) is 4.98 Å². The van der Waals surface area contributed by atoms with Crippen molar-refractivity contribution in [3.63, 3.8) is 0 Å². The summed E-state index contributed by atoms with van der Waals surface area (Å²) in [5, 5.41) is 1.43. The first-order valence-corrected chi connectivity index (χ1v) is 14.4. The first kappa shape index (κ1) is 24.7. The van der Waals surface area contributed by atoms with Crippen molar-refractivity contribution in [1.82, 2.24) is 4.98 Å². The second-order valence-electron chi connectivity index (χ2n) is 10.2. The lowest BCUT2D eigenvalue weighted by atomic mass is 9.68. The highest BCUT2D eigenvalue weighted by molar-refractivity contribution is 8.00. The fraction of sp³-hybridized carbons (Fsp3) is 0.346. The van der Waals surface area contributed by atoms with Crippen LogP contribution in [-0.4, -0.2) is 22.0 Å². The van der Waals surface area contributed by atoms with Crippen LogP contribution in [0.25, 0.3) is 0 Å². The predicted octanol–water partition coefficient (Wildman–Crippen LogP) is 6.44. The number of aromatic amines is 1. The van der Waals surface area contributed by atoms with Crippen LogP contribution < -0.4 is 9.77 Å². The highest BCUT2D eigenvalue weighted by Gasteiger charge is 2.69. The van der Waals surface area contributed by atoms with Gasteiger partial charge in [0.15, 0.2) is 0 Å². The smallest absolute Gasteiger partial charge is 0.307 e. The van der Waals surface area contributed by atoms with Crippen LogP contribution in [0, 0.1) is 29.6 Å². The van der Waals surface area contributed by atoms with Crippen molar-refractivity contribution in [1.29, 1.82) is 0 Å². The Morgan fingerprint density at radius 3 is 2.42 bits per heavy atom. The summed E-state index contributed by atoms with van der Waals surface area (Å²) in [5.41, 5.74) is -0.206. The first-order chi connectivity index (χ1) is 18.1. The van der Waals surface area contributed by atoms with Gasteiger partial charge in [0.1, 0.15) is 0 Å². The maximum absolute atomic E-state index is 13.8. The van der Waals surface area contributed by atoms with Crippen molar-refractivity contribution >= 4 is 63.8 Å². The van der Waals surface area contributed by atoms with E-state index in [9.17, 15) is 27.6 Å². The monoisotopic (exact) mass is 596 g/mol. The number of nitrogens with zero attached hydrogens (tertiary/aromatic N) is 1. The average molecular weight is 597 g/mol. The summed E-state index contributed by atoms with van der Waals surface area (Å²) in [6, 6.07) is 9.71. The van der Waals surface area contributed by atoms with Gasteiger partial charge < -0.3 is 4.98 Å². The number of imide groups is 1. The number of fused-ring (bicyclic) bond motifs is 9. The van der Waals surface area contributed by atoms with Gasteiger partial charge in [-0.2, -0.15) is 13.2 Å². The molecule has 0 radical (unpaired) electrons. The van der Waals surface area contributed by atoms with Gasteiger partial charge in [-0.15, -0.1) is 11.8 Å². The molecule has 2 aliphatic carbocycles. The number of hydrogen-bond donors (Lipinski definition) is 1. The third-order valence-electron chi connectivity index (χ3n) is 8.47. The van der Waals surface area contributed by atoms with Gasteiger partial charge in [0.05, 0.1) is 38.2 Å². The lowest BCUT2D eigenvalue weighted by Gasteiger charge is -2.43. The van der Waals surface area contributed by atoms with Gasteiger partial charge in [0, 0.05) is 16.0 Å². The lowest BCUT2D eigenvalue weighted by Crippen LogP contribution is -2.42. The van der Waals surface area contributed by atoms with E-state index in [1.807, 2.05) is 6.07 Å². The molecule has 5 unspecified atom stereocenters. The van der Waals surface area contributed by atoms with Crippen LogP contribution in [0.5, 0.6) is 0 Å². The number of carbonyl (C=O) groups is 2. The first-order valence-electron chi connectivity index (χ1n) is 11.9. The number of anilines is 1. The van der Waals surface area contributed by atoms with Gasteiger partial charge in [0.25, 0.3) is 0 Å². The molecular weight excluding hydrogens is 580 g/mol. The zero-order chi connectivity index (χ0) is 26.7. The highest BCUT2D eigenvalue weighted by atomic mass is 35.5. The summed E-state index contributed by atoms with van der Waals surface area (Å²) < 4.78 is 40.1. The normalized spacial score (nSPS) is 31.5. The van der Waals surface area contributed by atoms with Crippen LogP contribution >= 0.6 is 46.3 Å². The Balaban J connectivity index is 1.32. The number of amides is 2. The molecule has 7 rings (SSSR count). The number of thioether (sulfide) groups is 1. The van der Waals surface area contributed by atoms with Crippen LogP contribution in [0.2, 0.25) is 10.0 Å². The molecule has 7 atom stereocenters. The number of aromatic nitrogens is 1. The molecule has 38 heavy (non-hydrogen) atoms. The summed E-state index contributed by atoms with van der Waals surface area (Å²) in [6.07, 6.45) is -3.94. The van der Waals surface area contributed by atoms with Crippen molar-refractivity contribution in [2.24, 2.45) is 29.6 Å². The summed E-state index contributed by atoms with van der Waals surface area (Å²) in [5.74, 6) is -2.91. The number of H-pyrrole nitrogens is 1. The number of thiazole rings is 1. The minimum absolute atomic E-state index is 0.0582. The van der Waals surface area contributed by atoms with Gasteiger partial charge >= 0.3 is 11.0 Å². The standard InChI is InChI=1S/C26H17Cl2F3N2O3S2/c27-14-6-2-5-11(19(14)28)15-16-12-8-13(20(16)37-22-21(15)38-25(36)32-22)18-17(12)23(34)33(24(18)35)10-4-1-3-9(7-10)26(29,30)31/h1-7,12-13,15-18,20H,8H2,(H,32,36)/t12-,13-,15?,16?,17?,18?,20?/m1/s1. The van der Waals surface area contributed by atoms with Crippen LogP contribution in [0.3, 0.4) is 0 Å². The second kappa shape index (κ2) is 8.36. The predicted molar refractivity (Wildman–Crippen MR) is 139 cm³/mol. The summed E-state index contributed by atoms with van der Waals surface area (Å²) in [7, 11) is 0. The number of rotatable bonds is 2. The summed E-state index contributed by atoms with van der Waals surface area (Å²) in [6.45, 7) is 0. The molecule has 4 aliphatic rings. The fourth-order valence-electron chi connectivity index (χ4n) is 7.20. The minimum atomic E-state index is -4.60. The molecule has 2 aromatic carbocycles. The Morgan fingerprint density at radius 1 is 0.974 bits per heavy atom. The molecule has 3 aromatic rings. The van der Waals surface area contributed by atoms with E-state index in [0.29, 0.717) is 16.5 Å². The molecule has 0 spiro atoms. The van der Waals surface area contributed by atoms with E-state index < -0.39 is 35.4 Å². The third-order valence-corrected chi connectivity index (χ3v) is 11.9. The van der Waals surface area contributed by atoms with Crippen molar-refractivity contribution < 1.29 is 22.8 Å². The minimum Gasteiger partial charge on any atom is -0.307 e. The molecule has 2 aliphatic heterocycles. The van der Waals surface area contributed by atoms with Gasteiger partial charge in [-0.1, -0.05) is 52.7 Å². The fourth-order valence-corrected chi connectivity index (χ4v) is 10.5. The largest absolute Gasteiger partial charge is 0.416 e. The number of alkyl halides is 3. The average Bonchev–Trinajstić information content (AvgIpc) is 3.59. The Bertz CT molecular complexity index is 1590. The summed E-state index contributed by atoms with van der Waals surface area (Å²) >= 11 is 15.7. The maximum atomic E-state index is 13.8. The van der Waals surface area contributed by atoms with Gasteiger partial charge in [-0.25, -0.2) is 0 Å². The molecule has 2 amide bonds. The van der Waals surface area contributed by atoms with Gasteiger partial charge in [0.2, 0.25) is 11.8 Å². The number of nitrogens with one attached hydrogen (secondary N) is 1. The van der Waals surface area contributed by atoms with Gasteiger partial charge in [-0.05, 0) is 54.0 Å². The van der Waals surface area contributed by atoms with Crippen molar-refractivity contribution in [3.8, 4) is 0 Å². The highest BCUT2D eigenvalue weighted by Crippen LogP contribution is 2.69. The number of halogens is 5. The molecule has 2 saturated carbocycles. The molecule has 196 valence electrons. The van der Waals surface area contributed by atoms with E-state index in [0.717, 1.165) is 43.8 Å². The van der Waals surface area contributed by atoms with E-state index >= 15 is 0 Å². The van der Waals surface area contributed by atoms with E-state index in [1.54, 1.807) is 12.1 Å². The number of hydrogen-bond acceptors (Lipinski definition) is 5. The molecule has 1 N–H and O–H groups in total. The second-order valence-corrected chi connectivity index (χ2v) is 13.2. The molecule has 1 saturated heterocycles. The van der Waals surface area contributed by atoms with Crippen LogP contribution in [-0.2, 0) is 15.8 Å². The summed E-state index contributed by atoms with van der Waals surface area (Å²) in [4.78, 5) is 44.3. The number of benzene rings is 2. The molecule has 3 heterocycles. The topological polar surface area (TPSA) is 70.2 Å². The van der Waals surface area contributed by atoms with Crippen molar-refractivity contribution in [3.05, 3.63) is 78.2 Å². The van der Waals surface area contributed by atoms with E-state index in [-0.39, 0.29) is 39.5 Å². The quantitative estimate of drug-likeness (QED) is 0.346. The van der Waals surface area contributed by atoms with Crippen molar-refractivity contribution in [2.45, 2.75) is 28.8 Å². The van der Waals surface area contributed by atoms with Crippen LogP contribution in [0.15, 0.2) is 52.3 Å². The van der Waals surface area contributed by atoms with E-state index in [1.165, 1.54) is 23.9 Å². The molecular formula is C26H17Cl2F3N2O3S2. The molecule has 2 bridgehead atoms. The SMILES string of the molecule is O=C1C2C(C(=O)N1c1cccc(C(F)(F)F)c1)[C@@H]1C[C@H]2C2Sc3[nH]c(=O)sc3C(c3cccc(Cl)c3Cl)C21. The molecule has 3 fully saturated rings. The zero-order valence-electron chi connectivity index (χ0n) is 19.2. The number of carbonyl (C=O) groups excluding carboxylic acids is 2. The lowest BCUT2D eigenvalue weighted by molar-refractivity contribution is -0.137. The Morgan fingerprint density at radius 2 is 1.68 bits per heavy atom. The van der Waals surface area contributed by atoms with E-state index in [4.69, 9.17) is 23.2 Å². The molecule has 5 nitrogen and oxygen atoms in total. The van der Waals surface area contributed by atoms with Crippen LogP contribution in [0.4, 0.5) is 18.9 Å². The molecule has 12 heteroatoms. The zero-order valence-corrected chi connectivity index (χ0v) is 22.3. The third kappa shape index (κ3) is 3.36. The molecule has 1 aromatic heterocycles. The van der Waals surface area contributed by atoms with Crippen LogP contribution in [0.1, 0.15) is 28.3 Å². The Kier molecular flexibility index (Phi) is 5.45. The maximum Gasteiger partial charge on any atom is 0.416 e. The Labute approximate surface area is 232 Å². The van der Waals surface area contributed by atoms with Crippen molar-refractivity contribution in [2.75, 3.05) is 4.90 Å². The van der Waals surface area contributed by atoms with Gasteiger partial charge in [-0.3, -0.25) is 19.3 Å². The Hall–Kier alpha value is -2.27.